The molecule has 0 aliphatic heterocycles. The van der Waals surface area contributed by atoms with E-state index in [1.54, 1.807) is 11.1 Å². The molecule has 8 nitrogen and oxygen atoms in total. The highest BCUT2D eigenvalue weighted by Crippen LogP contribution is 2.39. The Kier molecular flexibility index (Phi) is 27.2. The highest BCUT2D eigenvalue weighted by atomic mass is 19.2. The fourth-order valence-corrected chi connectivity index (χ4v) is 8.76. The number of esters is 1. The number of ether oxygens (including phenoxy) is 2. The predicted molar refractivity (Wildman–Crippen MR) is 249 cm³/mol. The molecule has 4 aliphatic carbocycles. The van der Waals surface area contributed by atoms with Crippen LogP contribution in [0.1, 0.15) is 194 Å². The first-order chi connectivity index (χ1) is 31.0. The number of halogens is 4. The van der Waals surface area contributed by atoms with E-state index >= 15 is 0 Å². The Morgan fingerprint density at radius 3 is 1.61 bits per heavy atom. The predicted octanol–water partition coefficient (Wildman–Crippen LogP) is 12.2. The average molecular weight is 911 g/mol. The summed E-state index contributed by atoms with van der Waals surface area (Å²) in [5.74, 6) is -7.29. The van der Waals surface area contributed by atoms with Crippen molar-refractivity contribution in [2.24, 2.45) is 23.7 Å². The number of hydrogen-bond acceptors (Lipinski definition) is 8. The maximum Gasteiger partial charge on any atom is 0.311 e. The van der Waals surface area contributed by atoms with Gasteiger partial charge in [-0.25, -0.2) is 13.2 Å². The molecule has 5 rings (SSSR count). The largest absolute Gasteiger partial charge is 0.423 e. The van der Waals surface area contributed by atoms with Crippen molar-refractivity contribution in [2.45, 2.75) is 207 Å². The molecule has 12 heteroatoms. The fraction of sp³-hybridized carbons (Fsp3) is 0.788. The van der Waals surface area contributed by atoms with Gasteiger partial charge in [-0.1, -0.05) is 116 Å². The number of unbranched alkanes of at least 4 members (excludes halogenated alkanes) is 9. The van der Waals surface area contributed by atoms with E-state index in [1.165, 1.54) is 101 Å². The highest BCUT2D eigenvalue weighted by molar-refractivity contribution is 5.72. The number of carbonyl (C=O) groups excluding carboxylic acids is 1. The van der Waals surface area contributed by atoms with Gasteiger partial charge in [0.05, 0.1) is 25.4 Å². The van der Waals surface area contributed by atoms with E-state index in [9.17, 15) is 37.7 Å². The third-order valence-electron chi connectivity index (χ3n) is 13.6. The molecule has 4 aliphatic rings. The van der Waals surface area contributed by atoms with Crippen LogP contribution >= 0.6 is 0 Å². The Morgan fingerprint density at radius 1 is 0.688 bits per heavy atom. The lowest BCUT2D eigenvalue weighted by Crippen LogP contribution is -2.42. The lowest BCUT2D eigenvalue weighted by Gasteiger charge is -2.39. The number of benzene rings is 1. The van der Waals surface area contributed by atoms with Gasteiger partial charge in [-0.05, 0) is 102 Å². The fourth-order valence-electron chi connectivity index (χ4n) is 8.76. The number of hydrogen-bond donors (Lipinski definition) is 5. The van der Waals surface area contributed by atoms with Crippen LogP contribution in [-0.4, -0.2) is 66.4 Å². The van der Waals surface area contributed by atoms with Crippen molar-refractivity contribution in [1.29, 1.82) is 0 Å². The lowest BCUT2D eigenvalue weighted by molar-refractivity contribution is -0.134. The van der Waals surface area contributed by atoms with Gasteiger partial charge in [0.15, 0.2) is 17.4 Å². The van der Waals surface area contributed by atoms with E-state index in [0.717, 1.165) is 90.5 Å². The summed E-state index contributed by atoms with van der Waals surface area (Å²) in [7, 11) is 0. The van der Waals surface area contributed by atoms with Gasteiger partial charge < -0.3 is 35.4 Å². The molecule has 4 atom stereocenters. The molecule has 4 saturated carbocycles. The quantitative estimate of drug-likeness (QED) is 0.0125. The number of allylic oxidation sites excluding steroid dienone is 4. The molecular formula is C52H86F4N2O6. The molecule has 0 spiro atoms. The average Bonchev–Trinajstić information content (AvgIpc) is 4.19. The third kappa shape index (κ3) is 19.7. The van der Waals surface area contributed by atoms with Gasteiger partial charge in [0.2, 0.25) is 11.6 Å². The summed E-state index contributed by atoms with van der Waals surface area (Å²) in [6.07, 6.45) is 25.6. The van der Waals surface area contributed by atoms with Crippen molar-refractivity contribution in [1.82, 2.24) is 10.6 Å². The lowest BCUT2D eigenvalue weighted by atomic mass is 9.70. The zero-order valence-electron chi connectivity index (χ0n) is 40.3. The van der Waals surface area contributed by atoms with Crippen molar-refractivity contribution >= 4 is 5.97 Å². The minimum absolute atomic E-state index is 0.000697. The number of aliphatic hydroxyl groups is 3. The second-order valence-electron chi connectivity index (χ2n) is 18.6. The van der Waals surface area contributed by atoms with E-state index in [-0.39, 0.29) is 18.9 Å². The molecule has 4 fully saturated rings. The van der Waals surface area contributed by atoms with E-state index in [2.05, 4.69) is 24.5 Å². The standard InChI is InChI=1S/C35H52F4N2O3.C15H28O3.C2H6/c1-3-4-11-14-28(26-17-18-26)40-21-23-43-24-22-41-29(27-19-20-27)15-12-9-7-5-6-8-10-13-16-30(42)44-35-25(2)31(36)32(37)33(38)34(35)39;1-10(11-4-2-5-11)8-14(17)15(18)13(9-16)12-6-3-7-12;1-2/h40-41H,3-24H2,1-2H3;10-18H,2-9H2,1H3;1-2H3. The zero-order chi connectivity index (χ0) is 46.9. The van der Waals surface area contributed by atoms with Gasteiger partial charge in [0.1, 0.15) is 0 Å². The van der Waals surface area contributed by atoms with E-state index < -0.39 is 52.8 Å². The van der Waals surface area contributed by atoms with E-state index in [1.807, 2.05) is 13.8 Å². The monoisotopic (exact) mass is 911 g/mol. The van der Waals surface area contributed by atoms with Gasteiger partial charge >= 0.3 is 5.97 Å². The molecule has 0 amide bonds. The molecule has 1 aromatic carbocycles. The summed E-state index contributed by atoms with van der Waals surface area (Å²) < 4.78 is 64.9. The molecule has 368 valence electrons. The summed E-state index contributed by atoms with van der Waals surface area (Å²) in [6.45, 7) is 12.7. The van der Waals surface area contributed by atoms with Gasteiger partial charge in [-0.15, -0.1) is 0 Å². The van der Waals surface area contributed by atoms with Crippen LogP contribution in [-0.2, 0) is 9.53 Å². The molecule has 5 N–H and O–H groups in total. The van der Waals surface area contributed by atoms with Crippen LogP contribution in [0, 0.1) is 53.9 Å². The summed E-state index contributed by atoms with van der Waals surface area (Å²) in [4.78, 5) is 12.0. The van der Waals surface area contributed by atoms with Crippen LogP contribution in [0.3, 0.4) is 0 Å². The molecule has 0 heterocycles. The van der Waals surface area contributed by atoms with E-state index in [4.69, 9.17) is 9.47 Å². The van der Waals surface area contributed by atoms with Crippen LogP contribution in [0.2, 0.25) is 0 Å². The van der Waals surface area contributed by atoms with Crippen molar-refractivity contribution in [3.05, 3.63) is 51.4 Å². The number of nitrogens with one attached hydrogen (secondary N) is 2. The first-order valence-corrected chi connectivity index (χ1v) is 25.4. The second kappa shape index (κ2) is 31.3. The number of aliphatic hydroxyl groups excluding tert-OH is 3. The maximum atomic E-state index is 13.9. The molecule has 4 unspecified atom stereocenters. The van der Waals surface area contributed by atoms with Gasteiger partial charge in [0, 0.05) is 49.0 Å². The molecular weight excluding hydrogens is 825 g/mol. The Labute approximate surface area is 383 Å². The minimum atomic E-state index is -1.98. The van der Waals surface area contributed by atoms with Crippen molar-refractivity contribution in [3.63, 3.8) is 0 Å². The Balaban J connectivity index is 0.000000450. The normalized spacial score (nSPS) is 17.4. The molecule has 1 aromatic rings. The summed E-state index contributed by atoms with van der Waals surface area (Å²) in [5, 5.41) is 37.0. The Hall–Kier alpha value is -2.67. The van der Waals surface area contributed by atoms with Crippen LogP contribution in [0.15, 0.2) is 22.5 Å². The molecule has 64 heavy (non-hydrogen) atoms. The third-order valence-corrected chi connectivity index (χ3v) is 13.6. The first-order valence-electron chi connectivity index (χ1n) is 25.4. The van der Waals surface area contributed by atoms with Gasteiger partial charge in [0.25, 0.3) is 0 Å². The van der Waals surface area contributed by atoms with Crippen LogP contribution in [0.25, 0.3) is 0 Å². The number of carbonyl (C=O) groups is 1. The number of rotatable bonds is 31. The van der Waals surface area contributed by atoms with Gasteiger partial charge in [-0.2, -0.15) is 4.39 Å². The summed E-state index contributed by atoms with van der Waals surface area (Å²) >= 11 is 0. The zero-order valence-corrected chi connectivity index (χ0v) is 40.3. The van der Waals surface area contributed by atoms with Crippen molar-refractivity contribution in [3.8, 4) is 5.75 Å². The summed E-state index contributed by atoms with van der Waals surface area (Å²) in [5.41, 5.74) is 5.49. The highest BCUT2D eigenvalue weighted by Gasteiger charge is 2.37. The van der Waals surface area contributed by atoms with E-state index in [0.29, 0.717) is 24.7 Å². The minimum Gasteiger partial charge on any atom is -0.423 e. The van der Waals surface area contributed by atoms with Crippen molar-refractivity contribution < 1.29 is 47.1 Å². The SMILES string of the molecule is CC.CC(CC(O)C(O)C(CO)C1CCC1)C1CCC1.CCCCCC(NCCOCCNC(CCCCCCCCCCC(=O)Oc1c(C)c(F)c(F)c(F)c1F)=C1CC1)=C1CC1. The Bertz CT molecular complexity index is 1520. The topological polar surface area (TPSA) is 120 Å². The molecule has 0 radical (unpaired) electrons. The van der Waals surface area contributed by atoms with Crippen LogP contribution < -0.4 is 15.4 Å². The Morgan fingerprint density at radius 2 is 1.16 bits per heavy atom. The smallest absolute Gasteiger partial charge is 0.311 e. The second-order valence-corrected chi connectivity index (χ2v) is 18.6. The van der Waals surface area contributed by atoms with Crippen molar-refractivity contribution in [2.75, 3.05) is 32.9 Å². The molecule has 0 bridgehead atoms. The molecule has 0 aromatic heterocycles. The summed E-state index contributed by atoms with van der Waals surface area (Å²) in [6, 6.07) is 0. The first kappa shape index (κ1) is 55.7. The maximum absolute atomic E-state index is 13.9. The van der Waals surface area contributed by atoms with Crippen LogP contribution in [0.5, 0.6) is 5.75 Å². The van der Waals surface area contributed by atoms with Crippen LogP contribution in [0.4, 0.5) is 17.6 Å². The van der Waals surface area contributed by atoms with Gasteiger partial charge in [-0.3, -0.25) is 4.79 Å². The molecule has 0 saturated heterocycles.